The van der Waals surface area contributed by atoms with E-state index in [2.05, 4.69) is 5.32 Å². The first-order valence-corrected chi connectivity index (χ1v) is 5.39. The topological polar surface area (TPSA) is 35.8 Å². The number of benzene rings is 2. The molecular formula is C13H7ClF2N2. The van der Waals surface area contributed by atoms with Crippen LogP contribution >= 0.6 is 11.6 Å². The van der Waals surface area contributed by atoms with E-state index in [0.29, 0.717) is 5.69 Å². The average Bonchev–Trinajstić information content (AvgIpc) is 2.34. The van der Waals surface area contributed by atoms with Gasteiger partial charge in [0, 0.05) is 5.02 Å². The van der Waals surface area contributed by atoms with Gasteiger partial charge >= 0.3 is 0 Å². The minimum atomic E-state index is -0.546. The zero-order valence-electron chi connectivity index (χ0n) is 9.05. The summed E-state index contributed by atoms with van der Waals surface area (Å²) in [7, 11) is 0. The maximum atomic E-state index is 13.5. The molecule has 0 radical (unpaired) electrons. The van der Waals surface area contributed by atoms with Crippen molar-refractivity contribution in [1.82, 2.24) is 0 Å². The van der Waals surface area contributed by atoms with Crippen LogP contribution in [-0.4, -0.2) is 0 Å². The van der Waals surface area contributed by atoms with Gasteiger partial charge in [-0.05, 0) is 36.4 Å². The van der Waals surface area contributed by atoms with E-state index in [1.807, 2.05) is 6.07 Å². The van der Waals surface area contributed by atoms with E-state index in [9.17, 15) is 8.78 Å². The molecule has 2 rings (SSSR count). The van der Waals surface area contributed by atoms with E-state index in [1.54, 1.807) is 0 Å². The molecule has 2 aromatic carbocycles. The monoisotopic (exact) mass is 264 g/mol. The number of hydrogen-bond donors (Lipinski definition) is 1. The number of anilines is 2. The molecule has 0 atom stereocenters. The maximum absolute atomic E-state index is 13.5. The molecule has 0 spiro atoms. The fraction of sp³-hybridized carbons (Fsp3) is 0. The Morgan fingerprint density at radius 1 is 1.06 bits per heavy atom. The van der Waals surface area contributed by atoms with Crippen LogP contribution in [0, 0.1) is 23.0 Å². The van der Waals surface area contributed by atoms with Gasteiger partial charge in [-0.15, -0.1) is 0 Å². The molecule has 0 heterocycles. The van der Waals surface area contributed by atoms with Crippen molar-refractivity contribution in [3.8, 4) is 6.07 Å². The van der Waals surface area contributed by atoms with Gasteiger partial charge in [-0.25, -0.2) is 8.78 Å². The zero-order chi connectivity index (χ0) is 13.1. The smallest absolute Gasteiger partial charge is 0.148 e. The van der Waals surface area contributed by atoms with E-state index >= 15 is 0 Å². The number of halogens is 3. The van der Waals surface area contributed by atoms with Crippen LogP contribution in [0.25, 0.3) is 0 Å². The molecule has 2 aromatic rings. The Labute approximate surface area is 107 Å². The quantitative estimate of drug-likeness (QED) is 0.881. The minimum Gasteiger partial charge on any atom is -0.352 e. The second kappa shape index (κ2) is 5.03. The predicted molar refractivity (Wildman–Crippen MR) is 65.8 cm³/mol. The lowest BCUT2D eigenvalue weighted by atomic mass is 10.2. The number of nitrogens with zero attached hydrogens (tertiary/aromatic N) is 1. The Morgan fingerprint density at radius 2 is 1.78 bits per heavy atom. The van der Waals surface area contributed by atoms with Crippen LogP contribution in [0.15, 0.2) is 36.4 Å². The summed E-state index contributed by atoms with van der Waals surface area (Å²) < 4.78 is 26.5. The number of nitriles is 1. The van der Waals surface area contributed by atoms with Crippen molar-refractivity contribution in [3.05, 3.63) is 58.6 Å². The summed E-state index contributed by atoms with van der Waals surface area (Å²) >= 11 is 5.63. The molecule has 0 fully saturated rings. The van der Waals surface area contributed by atoms with E-state index in [1.165, 1.54) is 24.3 Å². The predicted octanol–water partition coefficient (Wildman–Crippen LogP) is 4.23. The van der Waals surface area contributed by atoms with Crippen LogP contribution < -0.4 is 5.32 Å². The summed E-state index contributed by atoms with van der Waals surface area (Å²) in [5.74, 6) is -1.07. The molecule has 0 unspecified atom stereocenters. The first-order chi connectivity index (χ1) is 8.60. The van der Waals surface area contributed by atoms with Gasteiger partial charge in [-0.1, -0.05) is 11.6 Å². The normalized spacial score (nSPS) is 9.89. The summed E-state index contributed by atoms with van der Waals surface area (Å²) in [5.41, 5.74) is 0.604. The van der Waals surface area contributed by atoms with E-state index in [4.69, 9.17) is 16.9 Å². The Balaban J connectivity index is 2.37. The highest BCUT2D eigenvalue weighted by Gasteiger charge is 2.07. The third kappa shape index (κ3) is 2.58. The fourth-order valence-electron chi connectivity index (χ4n) is 1.45. The van der Waals surface area contributed by atoms with Gasteiger partial charge in [-0.2, -0.15) is 5.26 Å². The third-order valence-electron chi connectivity index (χ3n) is 2.30. The van der Waals surface area contributed by atoms with Crippen molar-refractivity contribution >= 4 is 23.0 Å². The zero-order valence-corrected chi connectivity index (χ0v) is 9.80. The van der Waals surface area contributed by atoms with Gasteiger partial charge in [0.05, 0.1) is 16.9 Å². The lowest BCUT2D eigenvalue weighted by Gasteiger charge is -2.09. The molecule has 0 bridgehead atoms. The molecule has 1 N–H and O–H groups in total. The van der Waals surface area contributed by atoms with Crippen LogP contribution in [0.3, 0.4) is 0 Å². The fourth-order valence-corrected chi connectivity index (χ4v) is 1.61. The van der Waals surface area contributed by atoms with Gasteiger partial charge in [0.25, 0.3) is 0 Å². The molecule has 2 nitrogen and oxygen atoms in total. The summed E-state index contributed by atoms with van der Waals surface area (Å²) in [6, 6.07) is 9.60. The summed E-state index contributed by atoms with van der Waals surface area (Å²) in [6.07, 6.45) is 0. The van der Waals surface area contributed by atoms with Crippen LogP contribution in [0.2, 0.25) is 5.02 Å². The summed E-state index contributed by atoms with van der Waals surface area (Å²) in [4.78, 5) is 0. The molecule has 0 saturated carbocycles. The second-order valence-corrected chi connectivity index (χ2v) is 3.99. The third-order valence-corrected chi connectivity index (χ3v) is 2.54. The number of hydrogen-bond acceptors (Lipinski definition) is 2. The first kappa shape index (κ1) is 12.3. The maximum Gasteiger partial charge on any atom is 0.148 e. The molecule has 0 saturated heterocycles. The van der Waals surface area contributed by atoms with Gasteiger partial charge in [0.15, 0.2) is 0 Å². The Morgan fingerprint density at radius 3 is 2.44 bits per heavy atom. The molecule has 0 aromatic heterocycles. The molecule has 0 aliphatic carbocycles. The lowest BCUT2D eigenvalue weighted by molar-refractivity contribution is 0.627. The second-order valence-electron chi connectivity index (χ2n) is 3.55. The van der Waals surface area contributed by atoms with Gasteiger partial charge in [-0.3, -0.25) is 0 Å². The van der Waals surface area contributed by atoms with Gasteiger partial charge < -0.3 is 5.32 Å². The number of rotatable bonds is 2. The molecule has 0 aliphatic heterocycles. The highest BCUT2D eigenvalue weighted by Crippen LogP contribution is 2.25. The first-order valence-electron chi connectivity index (χ1n) is 5.02. The van der Waals surface area contributed by atoms with Crippen LogP contribution in [0.1, 0.15) is 5.56 Å². The highest BCUT2D eigenvalue weighted by atomic mass is 35.5. The molecular weight excluding hydrogens is 258 g/mol. The van der Waals surface area contributed by atoms with Crippen LogP contribution in [0.5, 0.6) is 0 Å². The minimum absolute atomic E-state index is 0.101. The van der Waals surface area contributed by atoms with Crippen molar-refractivity contribution in [2.24, 2.45) is 0 Å². The summed E-state index contributed by atoms with van der Waals surface area (Å²) in [6.45, 7) is 0. The Bertz CT molecular complexity index is 635. The van der Waals surface area contributed by atoms with Crippen LogP contribution in [-0.2, 0) is 0 Å². The molecule has 90 valence electrons. The van der Waals surface area contributed by atoms with E-state index in [-0.39, 0.29) is 16.3 Å². The largest absolute Gasteiger partial charge is 0.352 e. The average molecular weight is 265 g/mol. The van der Waals surface area contributed by atoms with Crippen molar-refractivity contribution in [2.75, 3.05) is 5.32 Å². The molecule has 18 heavy (non-hydrogen) atoms. The van der Waals surface area contributed by atoms with Gasteiger partial charge in [0.2, 0.25) is 0 Å². The van der Waals surface area contributed by atoms with E-state index in [0.717, 1.165) is 12.1 Å². The van der Waals surface area contributed by atoms with Crippen molar-refractivity contribution < 1.29 is 8.78 Å². The molecule has 5 heteroatoms. The SMILES string of the molecule is N#Cc1cc(F)ccc1Nc1ccc(Cl)cc1F. The standard InChI is InChI=1S/C13H7ClF2N2/c14-9-1-3-13(11(16)6-9)18-12-4-2-10(15)5-8(12)7-17/h1-6,18H. The van der Waals surface area contributed by atoms with Crippen molar-refractivity contribution in [3.63, 3.8) is 0 Å². The molecule has 0 amide bonds. The Hall–Kier alpha value is -2.12. The lowest BCUT2D eigenvalue weighted by Crippen LogP contribution is -1.96. The number of nitrogens with one attached hydrogen (secondary N) is 1. The Kier molecular flexibility index (Phi) is 3.45. The molecule has 0 aliphatic rings. The van der Waals surface area contributed by atoms with E-state index < -0.39 is 11.6 Å². The summed E-state index contributed by atoms with van der Waals surface area (Å²) in [5, 5.41) is 11.9. The van der Waals surface area contributed by atoms with Crippen molar-refractivity contribution in [2.45, 2.75) is 0 Å². The van der Waals surface area contributed by atoms with Crippen molar-refractivity contribution in [1.29, 1.82) is 5.26 Å². The van der Waals surface area contributed by atoms with Gasteiger partial charge in [0.1, 0.15) is 17.7 Å². The van der Waals surface area contributed by atoms with Crippen LogP contribution in [0.4, 0.5) is 20.2 Å². The highest BCUT2D eigenvalue weighted by molar-refractivity contribution is 6.30.